The number of anilines is 2. The first-order chi connectivity index (χ1) is 16.8. The highest BCUT2D eigenvalue weighted by molar-refractivity contribution is 6.02. The highest BCUT2D eigenvalue weighted by atomic mass is 19.3. The largest absolute Gasteiger partial charge is 0.412 e. The zero-order valence-electron chi connectivity index (χ0n) is 18.7. The van der Waals surface area contributed by atoms with Gasteiger partial charge in [-0.05, 0) is 47.6 Å². The number of halogens is 2. The van der Waals surface area contributed by atoms with Crippen molar-refractivity contribution < 1.29 is 23.1 Å². The average Bonchev–Trinajstić information content (AvgIpc) is 3.27. The molecule has 0 saturated heterocycles. The van der Waals surface area contributed by atoms with Crippen molar-refractivity contribution in [2.45, 2.75) is 19.3 Å². The predicted molar refractivity (Wildman–Crippen MR) is 126 cm³/mol. The van der Waals surface area contributed by atoms with Gasteiger partial charge < -0.3 is 15.4 Å². The molecule has 0 aliphatic carbocycles. The van der Waals surface area contributed by atoms with E-state index in [0.29, 0.717) is 41.0 Å². The Hall–Kier alpha value is -4.34. The molecule has 10 heteroatoms. The third-order valence-electron chi connectivity index (χ3n) is 6.00. The predicted octanol–water partition coefficient (Wildman–Crippen LogP) is 4.89. The molecule has 2 N–H and O–H groups in total. The number of benzene rings is 2. The Morgan fingerprint density at radius 2 is 1.97 bits per heavy atom. The summed E-state index contributed by atoms with van der Waals surface area (Å²) < 4.78 is 34.5. The van der Waals surface area contributed by atoms with Gasteiger partial charge in [-0.3, -0.25) is 4.68 Å². The number of rotatable bonds is 4. The molecule has 2 aromatic carbocycles. The number of aromatic nitrogens is 3. The van der Waals surface area contributed by atoms with Crippen LogP contribution < -0.4 is 10.6 Å². The highest BCUT2D eigenvalue weighted by Gasteiger charge is 2.27. The van der Waals surface area contributed by atoms with Crippen LogP contribution in [0.1, 0.15) is 34.5 Å². The molecule has 5 rings (SSSR count). The fourth-order valence-corrected chi connectivity index (χ4v) is 4.49. The molecule has 0 saturated carbocycles. The van der Waals surface area contributed by atoms with Crippen molar-refractivity contribution in [3.8, 4) is 11.1 Å². The zero-order chi connectivity index (χ0) is 24.7. The molecule has 1 aliphatic heterocycles. The molecule has 0 fully saturated rings. The van der Waals surface area contributed by atoms with Crippen molar-refractivity contribution >= 4 is 34.3 Å². The summed E-state index contributed by atoms with van der Waals surface area (Å²) in [6.07, 6.45) is 0.776. The number of alkyl halides is 2. The van der Waals surface area contributed by atoms with Crippen LogP contribution in [0, 0.1) is 0 Å². The first-order valence-corrected chi connectivity index (χ1v) is 10.9. The highest BCUT2D eigenvalue weighted by Crippen LogP contribution is 2.42. The lowest BCUT2D eigenvalue weighted by atomic mass is 9.93. The van der Waals surface area contributed by atoms with Gasteiger partial charge >= 0.3 is 12.1 Å². The SMILES string of the molecule is Cn1cc(-c2cc3c(cc2C(F)F)N(c2nc(C(=O)OC(N)=O)cc4ccccc24)CCC3)cn1. The number of pyridine rings is 1. The van der Waals surface area contributed by atoms with Crippen LogP contribution in [0.15, 0.2) is 54.9 Å². The second kappa shape index (κ2) is 8.79. The number of carbonyl (C=O) groups is 2. The summed E-state index contributed by atoms with van der Waals surface area (Å²) >= 11 is 0. The van der Waals surface area contributed by atoms with Gasteiger partial charge in [-0.25, -0.2) is 23.4 Å². The minimum Gasteiger partial charge on any atom is -0.372 e. The second-order valence-electron chi connectivity index (χ2n) is 8.29. The van der Waals surface area contributed by atoms with E-state index in [4.69, 9.17) is 5.73 Å². The van der Waals surface area contributed by atoms with Crippen LogP contribution in [0.2, 0.25) is 0 Å². The Bertz CT molecular complexity index is 1470. The number of nitrogens with two attached hydrogens (primary N) is 1. The Balaban J connectivity index is 1.69. The minimum absolute atomic E-state index is 0.106. The van der Waals surface area contributed by atoms with Gasteiger partial charge in [-0.1, -0.05) is 24.3 Å². The van der Waals surface area contributed by atoms with Gasteiger partial charge in [-0.2, -0.15) is 5.10 Å². The molecule has 0 bridgehead atoms. The van der Waals surface area contributed by atoms with E-state index in [0.717, 1.165) is 17.4 Å². The Kier molecular flexibility index (Phi) is 5.64. The van der Waals surface area contributed by atoms with Crippen LogP contribution >= 0.6 is 0 Å². The summed E-state index contributed by atoms with van der Waals surface area (Å²) in [5.41, 5.74) is 7.31. The number of amides is 1. The summed E-state index contributed by atoms with van der Waals surface area (Å²) in [4.78, 5) is 29.8. The van der Waals surface area contributed by atoms with E-state index in [-0.39, 0.29) is 11.3 Å². The van der Waals surface area contributed by atoms with Crippen LogP contribution in [-0.4, -0.2) is 33.4 Å². The van der Waals surface area contributed by atoms with Gasteiger partial charge in [0.25, 0.3) is 6.43 Å². The lowest BCUT2D eigenvalue weighted by Crippen LogP contribution is -2.27. The molecular weight excluding hydrogens is 456 g/mol. The molecule has 35 heavy (non-hydrogen) atoms. The first kappa shape index (κ1) is 22.5. The number of fused-ring (bicyclic) bond motifs is 2. The maximum Gasteiger partial charge on any atom is 0.412 e. The summed E-state index contributed by atoms with van der Waals surface area (Å²) in [6.45, 7) is 0.507. The van der Waals surface area contributed by atoms with Crippen molar-refractivity contribution in [1.82, 2.24) is 14.8 Å². The fraction of sp³-hybridized carbons (Fsp3) is 0.200. The molecule has 3 heterocycles. The second-order valence-corrected chi connectivity index (χ2v) is 8.29. The summed E-state index contributed by atoms with van der Waals surface area (Å²) in [6, 6.07) is 12.0. The van der Waals surface area contributed by atoms with Crippen molar-refractivity contribution in [1.29, 1.82) is 0 Å². The van der Waals surface area contributed by atoms with E-state index in [1.807, 2.05) is 17.0 Å². The van der Waals surface area contributed by atoms with Gasteiger partial charge in [-0.15, -0.1) is 0 Å². The van der Waals surface area contributed by atoms with Gasteiger partial charge in [0.2, 0.25) is 0 Å². The Morgan fingerprint density at radius 3 is 2.69 bits per heavy atom. The van der Waals surface area contributed by atoms with Crippen LogP contribution in [0.4, 0.5) is 25.1 Å². The number of hydrogen-bond donors (Lipinski definition) is 1. The summed E-state index contributed by atoms with van der Waals surface area (Å²) in [5.74, 6) is -0.572. The third kappa shape index (κ3) is 4.18. The van der Waals surface area contributed by atoms with Crippen LogP contribution in [0.25, 0.3) is 21.9 Å². The molecule has 1 aliphatic rings. The molecule has 8 nitrogen and oxygen atoms in total. The fourth-order valence-electron chi connectivity index (χ4n) is 4.49. The maximum absolute atomic E-state index is 14.2. The van der Waals surface area contributed by atoms with Crippen molar-refractivity contribution in [3.63, 3.8) is 0 Å². The molecule has 0 unspecified atom stereocenters. The maximum atomic E-state index is 14.2. The van der Waals surface area contributed by atoms with E-state index < -0.39 is 18.5 Å². The molecular formula is C25H21F2N5O3. The molecule has 1 amide bonds. The molecule has 0 atom stereocenters. The van der Waals surface area contributed by atoms with Gasteiger partial charge in [0, 0.05) is 42.0 Å². The van der Waals surface area contributed by atoms with Gasteiger partial charge in [0.05, 0.1) is 6.20 Å². The van der Waals surface area contributed by atoms with Crippen molar-refractivity contribution in [3.05, 3.63) is 71.7 Å². The average molecular weight is 477 g/mol. The molecule has 178 valence electrons. The monoisotopic (exact) mass is 477 g/mol. The van der Waals surface area contributed by atoms with Crippen molar-refractivity contribution in [2.75, 3.05) is 11.4 Å². The molecule has 0 spiro atoms. The number of carbonyl (C=O) groups excluding carboxylic acids is 2. The smallest absolute Gasteiger partial charge is 0.372 e. The molecule has 0 radical (unpaired) electrons. The zero-order valence-corrected chi connectivity index (χ0v) is 18.7. The molecule has 4 aromatic rings. The number of hydrogen-bond acceptors (Lipinski definition) is 6. The standard InChI is InChI=1S/C25H21F2N5O3/c1-31-13-16(12-29-31)18-9-15-6-4-8-32(21(15)11-19(18)22(26)27)23-17-7-3-2-5-14(17)10-20(30-23)24(33)35-25(28)34/h2-3,5,7,9-13,22H,4,6,8H2,1H3,(H2,28,34). The van der Waals surface area contributed by atoms with E-state index >= 15 is 0 Å². The van der Waals surface area contributed by atoms with Crippen molar-refractivity contribution in [2.24, 2.45) is 12.8 Å². The molecule has 2 aromatic heterocycles. The quantitative estimate of drug-likeness (QED) is 0.332. The first-order valence-electron chi connectivity index (χ1n) is 10.9. The topological polar surface area (TPSA) is 103 Å². The van der Waals surface area contributed by atoms with E-state index in [9.17, 15) is 18.4 Å². The number of nitrogens with zero attached hydrogens (tertiary/aromatic N) is 4. The van der Waals surface area contributed by atoms with Crippen LogP contribution in [-0.2, 0) is 18.2 Å². The number of aryl methyl sites for hydroxylation is 2. The lowest BCUT2D eigenvalue weighted by Gasteiger charge is -2.32. The lowest BCUT2D eigenvalue weighted by molar-refractivity contribution is 0.0632. The van der Waals surface area contributed by atoms with Gasteiger partial charge in [0.1, 0.15) is 5.82 Å². The summed E-state index contributed by atoms with van der Waals surface area (Å²) in [5, 5.41) is 5.53. The van der Waals surface area contributed by atoms with Crippen LogP contribution in [0.3, 0.4) is 0 Å². The van der Waals surface area contributed by atoms with E-state index in [2.05, 4.69) is 14.8 Å². The van der Waals surface area contributed by atoms with E-state index in [1.165, 1.54) is 12.1 Å². The Morgan fingerprint density at radius 1 is 1.17 bits per heavy atom. The number of esters is 1. The Labute approximate surface area is 198 Å². The number of ether oxygens (including phenoxy) is 1. The number of primary amides is 1. The van der Waals surface area contributed by atoms with Crippen LogP contribution in [0.5, 0.6) is 0 Å². The third-order valence-corrected chi connectivity index (χ3v) is 6.00. The summed E-state index contributed by atoms with van der Waals surface area (Å²) in [7, 11) is 1.73. The van der Waals surface area contributed by atoms with E-state index in [1.54, 1.807) is 42.3 Å². The normalized spacial score (nSPS) is 13.2. The minimum atomic E-state index is -2.71. The van der Waals surface area contributed by atoms with Gasteiger partial charge in [0.15, 0.2) is 5.69 Å².